The van der Waals surface area contributed by atoms with Crippen LogP contribution in [-0.2, 0) is 32.0 Å². The second-order valence-electron chi connectivity index (χ2n) is 5.82. The predicted molar refractivity (Wildman–Crippen MR) is 114 cm³/mol. The number of hydrogen-bond donors (Lipinski definition) is 1. The van der Waals surface area contributed by atoms with Crippen molar-refractivity contribution in [3.8, 4) is 11.5 Å². The van der Waals surface area contributed by atoms with Gasteiger partial charge in [-0.3, -0.25) is 24.4 Å². The molecule has 2 rings (SSSR count). The number of alkyl halides is 6. The van der Waals surface area contributed by atoms with E-state index in [0.717, 1.165) is 6.07 Å². The number of phenolic OH excluding ortho intramolecular Hbond substituents is 1. The van der Waals surface area contributed by atoms with Crippen LogP contribution in [0.1, 0.15) is 11.1 Å². The zero-order valence-corrected chi connectivity index (χ0v) is 19.6. The van der Waals surface area contributed by atoms with Gasteiger partial charge in [0, 0.05) is 11.1 Å². The number of nitro groups is 2. The fraction of sp³-hybridized carbons (Fsp3) is 0.250. The minimum absolute atomic E-state index is 0.210. The van der Waals surface area contributed by atoms with Gasteiger partial charge in [0.05, 0.1) is 20.9 Å². The molecule has 196 valence electrons. The van der Waals surface area contributed by atoms with Gasteiger partial charge in [0.2, 0.25) is 5.75 Å². The normalized spacial score (nSPS) is 12.7. The summed E-state index contributed by atoms with van der Waals surface area (Å²) in [6.45, 7) is 2.98. The molecule has 2 aromatic carbocycles. The van der Waals surface area contributed by atoms with Crippen molar-refractivity contribution in [1.29, 1.82) is 0 Å². The minimum atomic E-state index is -5.08. The first kappa shape index (κ1) is 32.1. The second kappa shape index (κ2) is 13.3. The zero-order chi connectivity index (χ0) is 27.7. The molecule has 10 nitrogen and oxygen atoms in total. The summed E-state index contributed by atoms with van der Waals surface area (Å²) in [5.74, 6) is -0.749. The van der Waals surface area contributed by atoms with Gasteiger partial charge in [-0.05, 0) is 37.2 Å². The smallest absolute Gasteiger partial charge is 0.481 e. The Bertz CT molecular complexity index is 1090. The summed E-state index contributed by atoms with van der Waals surface area (Å²) in [6, 6.07) is 8.30. The van der Waals surface area contributed by atoms with Crippen molar-refractivity contribution in [3.63, 3.8) is 0 Å². The number of hydrogen-bond acceptors (Lipinski definition) is 9. The zero-order valence-electron chi connectivity index (χ0n) is 17.2. The van der Waals surface area contributed by atoms with Crippen LogP contribution >= 0.6 is 0 Å². The number of nitrogens with zero attached hydrogens (tertiary/aromatic N) is 2. The number of para-hydroxylation sites is 2. The van der Waals surface area contributed by atoms with Gasteiger partial charge in [-0.15, -0.1) is 0 Å². The van der Waals surface area contributed by atoms with Crippen LogP contribution in [0.15, 0.2) is 36.4 Å². The molecule has 0 aliphatic rings. The van der Waals surface area contributed by atoms with Gasteiger partial charge in [0.25, 0.3) is 0 Å². The Morgan fingerprint density at radius 3 is 1.60 bits per heavy atom. The van der Waals surface area contributed by atoms with E-state index in [1.165, 1.54) is 25.1 Å². The molecule has 19 heteroatoms. The highest BCUT2D eigenvalue weighted by atomic mass is 32.8. The number of aryl methyl sites for hydroxylation is 2. The molecule has 2 unspecified atom stereocenters. The molecule has 0 saturated carbocycles. The third kappa shape index (κ3) is 10.9. The van der Waals surface area contributed by atoms with Gasteiger partial charge >= 0.3 is 22.4 Å². The first-order valence-corrected chi connectivity index (χ1v) is 11.5. The van der Waals surface area contributed by atoms with Gasteiger partial charge < -0.3 is 13.8 Å². The maximum atomic E-state index is 12.2. The molecule has 35 heavy (non-hydrogen) atoms. The summed E-state index contributed by atoms with van der Waals surface area (Å²) in [4.78, 5) is 19.6. The lowest BCUT2D eigenvalue weighted by molar-refractivity contribution is -0.386. The Balaban J connectivity index is 0.000000550. The fourth-order valence-electron chi connectivity index (χ4n) is 1.94. The van der Waals surface area contributed by atoms with Crippen molar-refractivity contribution in [2.75, 3.05) is 0 Å². The van der Waals surface area contributed by atoms with Gasteiger partial charge in [-0.1, -0.05) is 24.3 Å². The van der Waals surface area contributed by atoms with Crippen LogP contribution in [0.25, 0.3) is 0 Å². The highest BCUT2D eigenvalue weighted by Crippen LogP contribution is 2.33. The lowest BCUT2D eigenvalue weighted by Gasteiger charge is -2.11. The quantitative estimate of drug-likeness (QED) is 0.236. The van der Waals surface area contributed by atoms with E-state index in [2.05, 4.69) is 15.4 Å². The number of nitro benzene ring substituents is 2. The third-order valence-electron chi connectivity index (χ3n) is 3.33. The molecule has 0 bridgehead atoms. The van der Waals surface area contributed by atoms with Gasteiger partial charge in [0.15, 0.2) is 15.5 Å². The van der Waals surface area contributed by atoms with Crippen molar-refractivity contribution in [2.24, 2.45) is 0 Å². The van der Waals surface area contributed by atoms with E-state index >= 15 is 0 Å². The van der Waals surface area contributed by atoms with Crippen LogP contribution in [0, 0.1) is 34.1 Å². The van der Waals surface area contributed by atoms with Gasteiger partial charge in [-0.2, -0.15) is 26.3 Å². The van der Waals surface area contributed by atoms with E-state index in [0.29, 0.717) is 5.56 Å². The highest BCUT2D eigenvalue weighted by molar-refractivity contribution is 8.26. The predicted octanol–water partition coefficient (Wildman–Crippen LogP) is 4.79. The number of aromatic hydroxyl groups is 1. The Hall–Kier alpha value is -2.90. The van der Waals surface area contributed by atoms with Crippen molar-refractivity contribution in [1.82, 2.24) is 0 Å². The molecule has 0 aromatic heterocycles. The molecule has 0 aliphatic heterocycles. The molecular weight excluding hydrogens is 558 g/mol. The minimum Gasteiger partial charge on any atom is -0.766 e. The Labute approximate surface area is 201 Å². The number of phenols is 1. The van der Waals surface area contributed by atoms with E-state index in [-0.39, 0.29) is 17.0 Å². The standard InChI is InChI=1S/C8H6F3NO3S2.C7H7NO3.CHF3O2S/c1-5-3-2-4-6(7(5)12(13)14)15-17(16)8(9,10)11;1-5-3-2-4-6(9)7(5)8(10)11;2-1(3,4)7(5)6/h2-4H,1H3;2-4,9H,1H3;(H,5,6)/p-1. The van der Waals surface area contributed by atoms with Crippen molar-refractivity contribution < 1.29 is 54.2 Å². The van der Waals surface area contributed by atoms with Crippen molar-refractivity contribution in [2.45, 2.75) is 24.9 Å². The molecule has 0 fully saturated rings. The average molecular weight is 571 g/mol. The summed E-state index contributed by atoms with van der Waals surface area (Å²) >= 11 is 0.171. The Kier molecular flexibility index (Phi) is 12.2. The molecule has 0 spiro atoms. The Morgan fingerprint density at radius 1 is 0.886 bits per heavy atom. The van der Waals surface area contributed by atoms with E-state index in [4.69, 9.17) is 13.9 Å². The molecule has 0 aliphatic carbocycles. The Morgan fingerprint density at radius 2 is 1.29 bits per heavy atom. The topological polar surface area (TPSA) is 156 Å². The number of halogens is 6. The molecular formula is C16H13F6N2O8S3-. The van der Waals surface area contributed by atoms with E-state index in [1.54, 1.807) is 19.1 Å². The SMILES string of the molecule is Cc1cccc(O)c1[N+](=O)[O-].Cc1cccc(OS(=S)C(F)(F)F)c1[N+](=O)[O-].O=S([O-])C(F)(F)F. The third-order valence-corrected chi connectivity index (χ3v) is 5.18. The molecule has 0 heterocycles. The maximum Gasteiger partial charge on any atom is 0.481 e. The molecule has 2 atom stereocenters. The summed E-state index contributed by atoms with van der Waals surface area (Å²) in [7, 11) is -2.79. The molecule has 1 N–H and O–H groups in total. The number of benzene rings is 2. The maximum absolute atomic E-state index is 12.2. The largest absolute Gasteiger partial charge is 0.766 e. The fourth-order valence-corrected chi connectivity index (χ4v) is 2.56. The summed E-state index contributed by atoms with van der Waals surface area (Å²) < 4.78 is 90.5. The monoisotopic (exact) mass is 571 g/mol. The molecule has 2 aromatic rings. The molecule has 0 amide bonds. The van der Waals surface area contributed by atoms with Crippen LogP contribution in [0.5, 0.6) is 11.5 Å². The molecule has 0 radical (unpaired) electrons. The molecule has 0 saturated heterocycles. The first-order chi connectivity index (χ1) is 15.8. The van der Waals surface area contributed by atoms with Crippen molar-refractivity contribution in [3.05, 3.63) is 67.8 Å². The van der Waals surface area contributed by atoms with Gasteiger partial charge in [-0.25, -0.2) is 0 Å². The first-order valence-electron chi connectivity index (χ1n) is 8.30. The van der Waals surface area contributed by atoms with E-state index in [9.17, 15) is 46.6 Å². The lowest BCUT2D eigenvalue weighted by atomic mass is 10.2. The van der Waals surface area contributed by atoms with E-state index in [1.807, 2.05) is 0 Å². The second-order valence-corrected chi connectivity index (χ2v) is 8.76. The van der Waals surface area contributed by atoms with E-state index < -0.39 is 53.1 Å². The van der Waals surface area contributed by atoms with Crippen LogP contribution < -0.4 is 4.18 Å². The summed E-state index contributed by atoms with van der Waals surface area (Å²) in [6.07, 6.45) is 0. The van der Waals surface area contributed by atoms with Gasteiger partial charge in [0.1, 0.15) is 0 Å². The highest BCUT2D eigenvalue weighted by Gasteiger charge is 2.37. The lowest BCUT2D eigenvalue weighted by Crippen LogP contribution is -2.20. The van der Waals surface area contributed by atoms with Crippen LogP contribution in [-0.4, -0.2) is 34.7 Å². The van der Waals surface area contributed by atoms with Crippen LogP contribution in [0.2, 0.25) is 0 Å². The van der Waals surface area contributed by atoms with Crippen LogP contribution in [0.4, 0.5) is 37.7 Å². The summed E-state index contributed by atoms with van der Waals surface area (Å²) in [5.41, 5.74) is -9.84. The number of rotatable bonds is 4. The van der Waals surface area contributed by atoms with Crippen LogP contribution in [0.3, 0.4) is 0 Å². The average Bonchev–Trinajstić information content (AvgIpc) is 2.66. The van der Waals surface area contributed by atoms with Crippen molar-refractivity contribution >= 4 is 43.4 Å². The summed E-state index contributed by atoms with van der Waals surface area (Å²) in [5, 5.41) is 30.0.